The molecule has 1 atom stereocenters. The highest BCUT2D eigenvalue weighted by Crippen LogP contribution is 2.20. The van der Waals surface area contributed by atoms with Crippen molar-refractivity contribution in [2.24, 2.45) is 5.92 Å². The molecule has 0 bridgehead atoms. The van der Waals surface area contributed by atoms with Gasteiger partial charge < -0.3 is 9.90 Å². The molecule has 0 spiro atoms. The molecule has 0 aliphatic rings. The van der Waals surface area contributed by atoms with Gasteiger partial charge in [0.25, 0.3) is 0 Å². The number of thiophene rings is 1. The molecule has 1 N–H and O–H groups in total. The van der Waals surface area contributed by atoms with Crippen LogP contribution in [-0.4, -0.2) is 16.9 Å². The van der Waals surface area contributed by atoms with Gasteiger partial charge in [-0.1, -0.05) is 6.92 Å². The lowest BCUT2D eigenvalue weighted by Gasteiger charge is -2.07. The summed E-state index contributed by atoms with van der Waals surface area (Å²) in [5.41, 5.74) is 0. The molecule has 0 radical (unpaired) electrons. The van der Waals surface area contributed by atoms with Crippen LogP contribution in [0.2, 0.25) is 0 Å². The lowest BCUT2D eigenvalue weighted by molar-refractivity contribution is -0.117. The Bertz CT molecular complexity index is 395. The maximum atomic E-state index is 10.9. The molecule has 1 rings (SSSR count). The van der Waals surface area contributed by atoms with Crippen LogP contribution in [0.25, 0.3) is 0 Å². The summed E-state index contributed by atoms with van der Waals surface area (Å²) in [6.45, 7) is 3.70. The smallest absolute Gasteiger partial charge is 0.345 e. The van der Waals surface area contributed by atoms with E-state index in [0.29, 0.717) is 17.2 Å². The van der Waals surface area contributed by atoms with Gasteiger partial charge in [-0.25, -0.2) is 4.79 Å². The van der Waals surface area contributed by atoms with E-state index in [1.807, 2.05) is 6.07 Å². The summed E-state index contributed by atoms with van der Waals surface area (Å²) in [7, 11) is 0. The normalized spacial score (nSPS) is 12.4. The van der Waals surface area contributed by atoms with Crippen LogP contribution in [0.5, 0.6) is 0 Å². The number of aromatic carboxylic acids is 1. The van der Waals surface area contributed by atoms with Crippen LogP contribution in [-0.2, 0) is 11.2 Å². The first-order chi connectivity index (χ1) is 7.99. The maximum Gasteiger partial charge on any atom is 0.345 e. The van der Waals surface area contributed by atoms with Crippen molar-refractivity contribution in [1.29, 1.82) is 0 Å². The Kier molecular flexibility index (Phi) is 5.35. The van der Waals surface area contributed by atoms with Crippen molar-refractivity contribution in [3.8, 4) is 0 Å². The Labute approximate surface area is 105 Å². The second kappa shape index (κ2) is 6.55. The largest absolute Gasteiger partial charge is 0.477 e. The molecule has 0 saturated heterocycles. The van der Waals surface area contributed by atoms with Crippen LogP contribution < -0.4 is 0 Å². The molecule has 1 aromatic rings. The van der Waals surface area contributed by atoms with Crippen molar-refractivity contribution in [3.63, 3.8) is 0 Å². The van der Waals surface area contributed by atoms with Gasteiger partial charge in [-0.05, 0) is 44.2 Å². The van der Waals surface area contributed by atoms with Crippen molar-refractivity contribution in [1.82, 2.24) is 0 Å². The number of rotatable bonds is 7. The Hall–Kier alpha value is -1.16. The molecule has 0 aromatic carbocycles. The van der Waals surface area contributed by atoms with Crippen LogP contribution in [0, 0.1) is 5.92 Å². The van der Waals surface area contributed by atoms with E-state index in [0.717, 1.165) is 24.1 Å². The lowest BCUT2D eigenvalue weighted by atomic mass is 9.98. The molecule has 94 valence electrons. The molecule has 0 aliphatic heterocycles. The van der Waals surface area contributed by atoms with Gasteiger partial charge in [0, 0.05) is 11.3 Å². The number of carboxylic acids is 1. The van der Waals surface area contributed by atoms with Crippen LogP contribution in [0.3, 0.4) is 0 Å². The van der Waals surface area contributed by atoms with E-state index in [1.165, 1.54) is 11.3 Å². The first kappa shape index (κ1) is 13.9. The quantitative estimate of drug-likeness (QED) is 0.811. The van der Waals surface area contributed by atoms with Gasteiger partial charge in [0.15, 0.2) is 0 Å². The van der Waals surface area contributed by atoms with E-state index in [4.69, 9.17) is 5.11 Å². The summed E-state index contributed by atoms with van der Waals surface area (Å²) in [5, 5.41) is 8.78. The third-order valence-electron chi connectivity index (χ3n) is 2.63. The minimum Gasteiger partial charge on any atom is -0.477 e. The second-order valence-corrected chi connectivity index (χ2v) is 5.64. The molecular formula is C13H18O3S. The Balaban J connectivity index is 2.30. The number of hydrogen-bond donors (Lipinski definition) is 1. The average Bonchev–Trinajstić information content (AvgIpc) is 2.65. The number of ketones is 1. The van der Waals surface area contributed by atoms with Gasteiger partial charge in [-0.2, -0.15) is 0 Å². The molecule has 1 aromatic heterocycles. The molecule has 0 aliphatic carbocycles. The number of carboxylic acid groups (broad SMARTS) is 1. The van der Waals surface area contributed by atoms with Crippen LogP contribution in [0.4, 0.5) is 0 Å². The number of aryl methyl sites for hydroxylation is 1. The second-order valence-electron chi connectivity index (χ2n) is 4.47. The van der Waals surface area contributed by atoms with E-state index in [2.05, 4.69) is 6.92 Å². The SMILES string of the molecule is CC(=O)C[C@@H](C)CCCc1ccc(C(=O)O)s1. The fourth-order valence-corrected chi connectivity index (χ4v) is 2.73. The first-order valence-electron chi connectivity index (χ1n) is 5.80. The summed E-state index contributed by atoms with van der Waals surface area (Å²) < 4.78 is 0. The van der Waals surface area contributed by atoms with E-state index in [9.17, 15) is 9.59 Å². The Morgan fingerprint density at radius 1 is 1.41 bits per heavy atom. The predicted octanol–water partition coefficient (Wildman–Crippen LogP) is 3.38. The topological polar surface area (TPSA) is 54.4 Å². The lowest BCUT2D eigenvalue weighted by Crippen LogP contribution is -2.01. The van der Waals surface area contributed by atoms with E-state index >= 15 is 0 Å². The van der Waals surface area contributed by atoms with Gasteiger partial charge in [-0.3, -0.25) is 0 Å². The van der Waals surface area contributed by atoms with E-state index in [-0.39, 0.29) is 5.78 Å². The number of Topliss-reactive ketones (excluding diaryl/α,β-unsaturated/α-hetero) is 1. The predicted molar refractivity (Wildman–Crippen MR) is 68.7 cm³/mol. The van der Waals surface area contributed by atoms with Crippen molar-refractivity contribution in [2.45, 2.75) is 39.5 Å². The Morgan fingerprint density at radius 2 is 2.12 bits per heavy atom. The minimum absolute atomic E-state index is 0.238. The molecule has 17 heavy (non-hydrogen) atoms. The minimum atomic E-state index is -0.855. The van der Waals surface area contributed by atoms with Gasteiger partial charge in [0.2, 0.25) is 0 Å². The standard InChI is InChI=1S/C13H18O3S/c1-9(8-10(2)14)4-3-5-11-6-7-12(17-11)13(15)16/h6-7,9H,3-5,8H2,1-2H3,(H,15,16)/t9-/m0/s1. The summed E-state index contributed by atoms with van der Waals surface area (Å²) in [5.74, 6) is -0.195. The van der Waals surface area contributed by atoms with Crippen molar-refractivity contribution < 1.29 is 14.7 Å². The third-order valence-corrected chi connectivity index (χ3v) is 3.76. The van der Waals surface area contributed by atoms with Crippen LogP contribution in [0.1, 0.15) is 47.7 Å². The summed E-state index contributed by atoms with van der Waals surface area (Å²) in [6.07, 6.45) is 3.57. The molecule has 1 heterocycles. The highest BCUT2D eigenvalue weighted by molar-refractivity contribution is 7.13. The number of carbonyl (C=O) groups is 2. The van der Waals surface area contributed by atoms with E-state index < -0.39 is 5.97 Å². The molecule has 3 nitrogen and oxygen atoms in total. The van der Waals surface area contributed by atoms with Crippen molar-refractivity contribution in [2.75, 3.05) is 0 Å². The molecule has 0 unspecified atom stereocenters. The van der Waals surface area contributed by atoms with Crippen molar-refractivity contribution >= 4 is 23.1 Å². The zero-order valence-electron chi connectivity index (χ0n) is 10.2. The summed E-state index contributed by atoms with van der Waals surface area (Å²) in [6, 6.07) is 3.53. The fourth-order valence-electron chi connectivity index (χ4n) is 1.84. The van der Waals surface area contributed by atoms with Gasteiger partial charge in [-0.15, -0.1) is 11.3 Å². The average molecular weight is 254 g/mol. The van der Waals surface area contributed by atoms with Gasteiger partial charge >= 0.3 is 5.97 Å². The monoisotopic (exact) mass is 254 g/mol. The summed E-state index contributed by atoms with van der Waals surface area (Å²) in [4.78, 5) is 23.1. The van der Waals surface area contributed by atoms with Crippen molar-refractivity contribution in [3.05, 3.63) is 21.9 Å². The van der Waals surface area contributed by atoms with E-state index in [1.54, 1.807) is 13.0 Å². The van der Waals surface area contributed by atoms with Gasteiger partial charge in [0.05, 0.1) is 0 Å². The highest BCUT2D eigenvalue weighted by Gasteiger charge is 2.08. The molecule has 0 fully saturated rings. The Morgan fingerprint density at radius 3 is 2.65 bits per heavy atom. The highest BCUT2D eigenvalue weighted by atomic mass is 32.1. The number of carbonyl (C=O) groups excluding carboxylic acids is 1. The third kappa shape index (κ3) is 5.13. The van der Waals surface area contributed by atoms with Crippen LogP contribution in [0.15, 0.2) is 12.1 Å². The van der Waals surface area contributed by atoms with Gasteiger partial charge in [0.1, 0.15) is 10.7 Å². The molecule has 0 saturated carbocycles. The van der Waals surface area contributed by atoms with Crippen LogP contribution >= 0.6 is 11.3 Å². The molecular weight excluding hydrogens is 236 g/mol. The maximum absolute atomic E-state index is 10.9. The zero-order chi connectivity index (χ0) is 12.8. The zero-order valence-corrected chi connectivity index (χ0v) is 11.0. The molecule has 0 amide bonds. The number of hydrogen-bond acceptors (Lipinski definition) is 3. The fraction of sp³-hybridized carbons (Fsp3) is 0.538. The first-order valence-corrected chi connectivity index (χ1v) is 6.62. The summed E-state index contributed by atoms with van der Waals surface area (Å²) >= 11 is 1.34. The molecule has 4 heteroatoms.